The van der Waals surface area contributed by atoms with Crippen molar-refractivity contribution in [1.29, 1.82) is 0 Å². The number of hydrogen-bond donors (Lipinski definition) is 0. The number of aldehydes is 1. The van der Waals surface area contributed by atoms with Gasteiger partial charge >= 0.3 is 6.18 Å². The van der Waals surface area contributed by atoms with Gasteiger partial charge in [0.2, 0.25) is 0 Å². The van der Waals surface area contributed by atoms with Crippen molar-refractivity contribution in [1.82, 2.24) is 0 Å². The van der Waals surface area contributed by atoms with Gasteiger partial charge < -0.3 is 0 Å². The van der Waals surface area contributed by atoms with Gasteiger partial charge in [0.1, 0.15) is 6.29 Å². The second kappa shape index (κ2) is 9.40. The molecule has 3 rings (SSSR count). The van der Waals surface area contributed by atoms with Gasteiger partial charge in [0, 0.05) is 5.56 Å². The molecule has 0 amide bonds. The predicted molar refractivity (Wildman–Crippen MR) is 118 cm³/mol. The van der Waals surface area contributed by atoms with E-state index < -0.39 is 21.8 Å². The summed E-state index contributed by atoms with van der Waals surface area (Å²) < 4.78 is 67.5. The zero-order valence-corrected chi connectivity index (χ0v) is 17.9. The summed E-state index contributed by atoms with van der Waals surface area (Å²) in [5.41, 5.74) is 0.491. The van der Waals surface area contributed by atoms with Gasteiger partial charge in [-0.05, 0) is 42.8 Å². The molecule has 0 fully saturated rings. The van der Waals surface area contributed by atoms with Crippen molar-refractivity contribution in [2.75, 3.05) is 10.8 Å². The van der Waals surface area contributed by atoms with Gasteiger partial charge in [-0.2, -0.15) is 13.2 Å². The molecule has 0 aliphatic rings. The first-order chi connectivity index (χ1) is 15.1. The SMILES string of the molecule is Cc1ccc(S(=O)(=O)N(C/C=C/c2ccccc2C(F)(F)F)c2cccc(C=O)c2)cc1. The summed E-state index contributed by atoms with van der Waals surface area (Å²) in [6, 6.07) is 17.3. The minimum atomic E-state index is -4.53. The Labute approximate surface area is 184 Å². The van der Waals surface area contributed by atoms with E-state index in [4.69, 9.17) is 0 Å². The molecule has 0 heterocycles. The van der Waals surface area contributed by atoms with Crippen LogP contribution in [0.25, 0.3) is 6.08 Å². The number of carbonyl (C=O) groups excluding carboxylic acids is 1. The predicted octanol–water partition coefficient (Wildman–Crippen LogP) is 5.74. The second-order valence-corrected chi connectivity index (χ2v) is 8.91. The van der Waals surface area contributed by atoms with E-state index in [2.05, 4.69) is 0 Å². The van der Waals surface area contributed by atoms with Crippen LogP contribution < -0.4 is 4.31 Å². The van der Waals surface area contributed by atoms with E-state index in [1.165, 1.54) is 60.7 Å². The maximum absolute atomic E-state index is 13.3. The molecule has 4 nitrogen and oxygen atoms in total. The summed E-state index contributed by atoms with van der Waals surface area (Å²) in [5, 5.41) is 0. The summed E-state index contributed by atoms with van der Waals surface area (Å²) in [4.78, 5) is 11.2. The molecule has 0 radical (unpaired) electrons. The topological polar surface area (TPSA) is 54.5 Å². The lowest BCUT2D eigenvalue weighted by atomic mass is 10.1. The maximum atomic E-state index is 13.3. The van der Waals surface area contributed by atoms with Crippen molar-refractivity contribution >= 4 is 28.1 Å². The van der Waals surface area contributed by atoms with Crippen LogP contribution in [0.3, 0.4) is 0 Å². The Morgan fingerprint density at radius 3 is 2.28 bits per heavy atom. The summed E-state index contributed by atoms with van der Waals surface area (Å²) in [7, 11) is -4.04. The Balaban J connectivity index is 2.02. The molecule has 0 aromatic heterocycles. The molecule has 8 heteroatoms. The van der Waals surface area contributed by atoms with Crippen molar-refractivity contribution in [3.8, 4) is 0 Å². The molecule has 3 aromatic rings. The molecular formula is C24H20F3NO3S. The van der Waals surface area contributed by atoms with Gasteiger partial charge in [-0.25, -0.2) is 8.42 Å². The van der Waals surface area contributed by atoms with E-state index >= 15 is 0 Å². The first-order valence-electron chi connectivity index (χ1n) is 9.60. The van der Waals surface area contributed by atoms with Crippen molar-refractivity contribution in [2.45, 2.75) is 18.0 Å². The zero-order valence-electron chi connectivity index (χ0n) is 17.1. The van der Waals surface area contributed by atoms with Crippen LogP contribution in [-0.4, -0.2) is 21.2 Å². The van der Waals surface area contributed by atoms with Crippen molar-refractivity contribution in [3.05, 3.63) is 101 Å². The number of aryl methyl sites for hydroxylation is 1. The Kier molecular flexibility index (Phi) is 6.84. The molecule has 0 bridgehead atoms. The molecule has 32 heavy (non-hydrogen) atoms. The highest BCUT2D eigenvalue weighted by Crippen LogP contribution is 2.32. The summed E-state index contributed by atoms with van der Waals surface area (Å²) in [6.45, 7) is 1.59. The van der Waals surface area contributed by atoms with E-state index in [1.807, 2.05) is 6.92 Å². The molecule has 0 unspecified atom stereocenters. The van der Waals surface area contributed by atoms with Crippen LogP contribution in [0.1, 0.15) is 27.0 Å². The first kappa shape index (κ1) is 23.3. The molecule has 0 saturated heterocycles. The van der Waals surface area contributed by atoms with Crippen molar-refractivity contribution < 1.29 is 26.4 Å². The summed E-state index contributed by atoms with van der Waals surface area (Å²) >= 11 is 0. The molecule has 0 saturated carbocycles. The van der Waals surface area contributed by atoms with Gasteiger partial charge in [-0.1, -0.05) is 60.2 Å². The number of benzene rings is 3. The summed E-state index contributed by atoms with van der Waals surface area (Å²) in [6.07, 6.45) is -1.35. The van der Waals surface area contributed by atoms with Crippen molar-refractivity contribution in [2.24, 2.45) is 0 Å². The third-order valence-electron chi connectivity index (χ3n) is 4.74. The smallest absolute Gasteiger partial charge is 0.298 e. The Hall–Kier alpha value is -3.39. The molecule has 3 aromatic carbocycles. The molecule has 0 aliphatic heterocycles. The molecule has 0 N–H and O–H groups in total. The zero-order chi connectivity index (χ0) is 23.4. The fraction of sp³-hybridized carbons (Fsp3) is 0.125. The normalized spacial score (nSPS) is 12.1. The number of sulfonamides is 1. The summed E-state index contributed by atoms with van der Waals surface area (Å²) in [5.74, 6) is 0. The van der Waals surface area contributed by atoms with Gasteiger partial charge in [0.05, 0.1) is 22.7 Å². The molecule has 0 spiro atoms. The third-order valence-corrected chi connectivity index (χ3v) is 6.55. The van der Waals surface area contributed by atoms with Gasteiger partial charge in [0.25, 0.3) is 10.0 Å². The van der Waals surface area contributed by atoms with Crippen LogP contribution in [0.5, 0.6) is 0 Å². The molecule has 0 atom stereocenters. The van der Waals surface area contributed by atoms with Crippen LogP contribution in [0.2, 0.25) is 0 Å². The fourth-order valence-electron chi connectivity index (χ4n) is 3.11. The van der Waals surface area contributed by atoms with Crippen molar-refractivity contribution in [3.63, 3.8) is 0 Å². The van der Waals surface area contributed by atoms with E-state index in [1.54, 1.807) is 18.2 Å². The fourth-order valence-corrected chi connectivity index (χ4v) is 4.52. The number of halogens is 3. The van der Waals surface area contributed by atoms with Gasteiger partial charge in [-0.3, -0.25) is 9.10 Å². The molecular weight excluding hydrogens is 439 g/mol. The number of alkyl halides is 3. The highest BCUT2D eigenvalue weighted by Gasteiger charge is 2.32. The molecule has 0 aliphatic carbocycles. The van der Waals surface area contributed by atoms with Crippen LogP contribution >= 0.6 is 0 Å². The first-order valence-corrected chi connectivity index (χ1v) is 11.0. The largest absolute Gasteiger partial charge is 0.416 e. The van der Waals surface area contributed by atoms with E-state index in [0.717, 1.165) is 15.9 Å². The highest BCUT2D eigenvalue weighted by atomic mass is 32.2. The number of hydrogen-bond acceptors (Lipinski definition) is 3. The lowest BCUT2D eigenvalue weighted by molar-refractivity contribution is -0.137. The lowest BCUT2D eigenvalue weighted by Crippen LogP contribution is -2.31. The lowest BCUT2D eigenvalue weighted by Gasteiger charge is -2.23. The molecule has 166 valence electrons. The van der Waals surface area contributed by atoms with Crippen LogP contribution in [0, 0.1) is 6.92 Å². The van der Waals surface area contributed by atoms with Gasteiger partial charge in [0.15, 0.2) is 0 Å². The second-order valence-electron chi connectivity index (χ2n) is 7.05. The average Bonchev–Trinajstić information content (AvgIpc) is 2.76. The highest BCUT2D eigenvalue weighted by molar-refractivity contribution is 7.92. The van der Waals surface area contributed by atoms with E-state index in [0.29, 0.717) is 6.29 Å². The Morgan fingerprint density at radius 2 is 1.62 bits per heavy atom. The number of rotatable bonds is 7. The van der Waals surface area contributed by atoms with Crippen LogP contribution in [0.4, 0.5) is 18.9 Å². The monoisotopic (exact) mass is 459 g/mol. The minimum Gasteiger partial charge on any atom is -0.298 e. The number of carbonyl (C=O) groups is 1. The van der Waals surface area contributed by atoms with E-state index in [-0.39, 0.29) is 28.3 Å². The van der Waals surface area contributed by atoms with E-state index in [9.17, 15) is 26.4 Å². The maximum Gasteiger partial charge on any atom is 0.416 e. The van der Waals surface area contributed by atoms with Crippen LogP contribution in [-0.2, 0) is 16.2 Å². The quantitative estimate of drug-likeness (QED) is 0.424. The number of anilines is 1. The number of nitrogens with zero attached hydrogens (tertiary/aromatic N) is 1. The van der Waals surface area contributed by atoms with Crippen LogP contribution in [0.15, 0.2) is 83.8 Å². The average molecular weight is 459 g/mol. The standard InChI is InChI=1S/C24H20F3NO3S/c1-18-11-13-22(14-12-18)32(30,31)28(21-9-4-6-19(16-21)17-29)15-5-8-20-7-2-3-10-23(20)24(25,26)27/h2-14,16-17H,15H2,1H3/b8-5+. The Morgan fingerprint density at radius 1 is 0.938 bits per heavy atom. The third kappa shape index (κ3) is 5.26. The Bertz CT molecular complexity index is 1230. The van der Waals surface area contributed by atoms with Gasteiger partial charge in [-0.15, -0.1) is 0 Å². The minimum absolute atomic E-state index is 0.0312.